The van der Waals surface area contributed by atoms with Gasteiger partial charge < -0.3 is 11.1 Å². The van der Waals surface area contributed by atoms with Crippen molar-refractivity contribution in [1.82, 2.24) is 4.90 Å². The SMILES string of the molecule is Cc1cc(N)c(Cl)cc1NCC(C)N(C)C1CC1. The average Bonchev–Trinajstić information content (AvgIpc) is 3.14. The van der Waals surface area contributed by atoms with Crippen molar-refractivity contribution < 1.29 is 0 Å². The molecule has 1 saturated carbocycles. The number of nitrogens with one attached hydrogen (secondary N) is 1. The summed E-state index contributed by atoms with van der Waals surface area (Å²) in [6, 6.07) is 5.14. The lowest BCUT2D eigenvalue weighted by Crippen LogP contribution is -2.36. The molecule has 18 heavy (non-hydrogen) atoms. The molecule has 1 aliphatic rings. The van der Waals surface area contributed by atoms with E-state index in [1.807, 2.05) is 19.1 Å². The largest absolute Gasteiger partial charge is 0.398 e. The van der Waals surface area contributed by atoms with E-state index in [-0.39, 0.29) is 0 Å². The molecule has 1 aliphatic carbocycles. The molecule has 0 amide bonds. The second kappa shape index (κ2) is 5.37. The van der Waals surface area contributed by atoms with Crippen molar-refractivity contribution in [1.29, 1.82) is 0 Å². The quantitative estimate of drug-likeness (QED) is 0.806. The summed E-state index contributed by atoms with van der Waals surface area (Å²) in [5.74, 6) is 0. The van der Waals surface area contributed by atoms with Crippen LogP contribution >= 0.6 is 11.6 Å². The first-order valence-corrected chi connectivity index (χ1v) is 6.88. The Labute approximate surface area is 114 Å². The van der Waals surface area contributed by atoms with Crippen LogP contribution in [0.2, 0.25) is 5.02 Å². The Bertz CT molecular complexity index is 429. The van der Waals surface area contributed by atoms with E-state index in [0.717, 1.165) is 23.8 Å². The van der Waals surface area contributed by atoms with Crippen LogP contribution in [0.4, 0.5) is 11.4 Å². The number of aryl methyl sites for hydroxylation is 1. The van der Waals surface area contributed by atoms with Gasteiger partial charge in [0.1, 0.15) is 0 Å². The number of likely N-dealkylation sites (N-methyl/N-ethyl adjacent to an activating group) is 1. The molecule has 0 heterocycles. The molecule has 0 bridgehead atoms. The van der Waals surface area contributed by atoms with Crippen molar-refractivity contribution in [2.75, 3.05) is 24.6 Å². The third-order valence-electron chi connectivity index (χ3n) is 3.75. The van der Waals surface area contributed by atoms with E-state index >= 15 is 0 Å². The molecule has 0 radical (unpaired) electrons. The van der Waals surface area contributed by atoms with Crippen LogP contribution in [0.3, 0.4) is 0 Å². The molecule has 2 rings (SSSR count). The number of anilines is 2. The Morgan fingerprint density at radius 1 is 1.50 bits per heavy atom. The number of hydrogen-bond donors (Lipinski definition) is 2. The molecule has 0 spiro atoms. The Morgan fingerprint density at radius 2 is 2.17 bits per heavy atom. The Morgan fingerprint density at radius 3 is 2.78 bits per heavy atom. The van der Waals surface area contributed by atoms with Crippen LogP contribution in [0.25, 0.3) is 0 Å². The molecule has 100 valence electrons. The lowest BCUT2D eigenvalue weighted by molar-refractivity contribution is 0.257. The second-order valence-corrected chi connectivity index (χ2v) is 5.72. The number of hydrogen-bond acceptors (Lipinski definition) is 3. The highest BCUT2D eigenvalue weighted by atomic mass is 35.5. The monoisotopic (exact) mass is 267 g/mol. The van der Waals surface area contributed by atoms with Crippen LogP contribution in [-0.4, -0.2) is 30.6 Å². The van der Waals surface area contributed by atoms with E-state index in [4.69, 9.17) is 17.3 Å². The number of benzene rings is 1. The number of nitrogens with two attached hydrogens (primary N) is 1. The third kappa shape index (κ3) is 3.09. The zero-order valence-corrected chi connectivity index (χ0v) is 12.1. The molecular formula is C14H22ClN3. The molecule has 0 aliphatic heterocycles. The molecule has 0 aromatic heterocycles. The molecular weight excluding hydrogens is 246 g/mol. The first-order valence-electron chi connectivity index (χ1n) is 6.50. The van der Waals surface area contributed by atoms with E-state index in [1.54, 1.807) is 0 Å². The summed E-state index contributed by atoms with van der Waals surface area (Å²) in [5.41, 5.74) is 8.63. The topological polar surface area (TPSA) is 41.3 Å². The van der Waals surface area contributed by atoms with Gasteiger partial charge in [-0.2, -0.15) is 0 Å². The average molecular weight is 268 g/mol. The van der Waals surface area contributed by atoms with Crippen molar-refractivity contribution in [3.05, 3.63) is 22.7 Å². The first kappa shape index (κ1) is 13.5. The van der Waals surface area contributed by atoms with Gasteiger partial charge in [0.2, 0.25) is 0 Å². The molecule has 1 atom stereocenters. The number of rotatable bonds is 5. The van der Waals surface area contributed by atoms with Crippen LogP contribution in [0.15, 0.2) is 12.1 Å². The van der Waals surface area contributed by atoms with Crippen LogP contribution in [0.1, 0.15) is 25.3 Å². The molecule has 1 aromatic rings. The minimum absolute atomic E-state index is 0.522. The Balaban J connectivity index is 1.95. The van der Waals surface area contributed by atoms with E-state index in [0.29, 0.717) is 16.8 Å². The lowest BCUT2D eigenvalue weighted by atomic mass is 10.1. The lowest BCUT2D eigenvalue weighted by Gasteiger charge is -2.25. The van der Waals surface area contributed by atoms with Gasteiger partial charge in [-0.25, -0.2) is 0 Å². The Kier molecular flexibility index (Phi) is 4.03. The predicted octanol–water partition coefficient (Wildman–Crippen LogP) is 3.13. The highest BCUT2D eigenvalue weighted by Gasteiger charge is 2.28. The normalized spacial score (nSPS) is 16.9. The minimum atomic E-state index is 0.522. The Hall–Kier alpha value is -0.930. The van der Waals surface area contributed by atoms with Gasteiger partial charge in [0.25, 0.3) is 0 Å². The van der Waals surface area contributed by atoms with Gasteiger partial charge in [-0.05, 0) is 51.4 Å². The summed E-state index contributed by atoms with van der Waals surface area (Å²) in [4.78, 5) is 2.45. The maximum atomic E-state index is 6.05. The fourth-order valence-corrected chi connectivity index (χ4v) is 2.30. The third-order valence-corrected chi connectivity index (χ3v) is 4.08. The predicted molar refractivity (Wildman–Crippen MR) is 79.3 cm³/mol. The molecule has 1 unspecified atom stereocenters. The second-order valence-electron chi connectivity index (χ2n) is 5.32. The van der Waals surface area contributed by atoms with E-state index in [2.05, 4.69) is 24.2 Å². The van der Waals surface area contributed by atoms with Gasteiger partial charge in [-0.3, -0.25) is 4.90 Å². The maximum Gasteiger partial charge on any atom is 0.0656 e. The number of nitrogens with zero attached hydrogens (tertiary/aromatic N) is 1. The fraction of sp³-hybridized carbons (Fsp3) is 0.571. The molecule has 3 N–H and O–H groups in total. The summed E-state index contributed by atoms with van der Waals surface area (Å²) in [5, 5.41) is 4.08. The molecule has 4 heteroatoms. The zero-order chi connectivity index (χ0) is 13.3. The molecule has 1 aromatic carbocycles. The molecule has 1 fully saturated rings. The highest BCUT2D eigenvalue weighted by molar-refractivity contribution is 6.33. The summed E-state index contributed by atoms with van der Waals surface area (Å²) in [7, 11) is 2.20. The fourth-order valence-electron chi connectivity index (χ4n) is 2.14. The zero-order valence-electron chi connectivity index (χ0n) is 11.3. The highest BCUT2D eigenvalue weighted by Crippen LogP contribution is 2.28. The van der Waals surface area contributed by atoms with Gasteiger partial charge in [0, 0.05) is 24.3 Å². The van der Waals surface area contributed by atoms with Gasteiger partial charge in [-0.15, -0.1) is 0 Å². The van der Waals surface area contributed by atoms with Gasteiger partial charge in [0.15, 0.2) is 0 Å². The van der Waals surface area contributed by atoms with E-state index in [9.17, 15) is 0 Å². The first-order chi connectivity index (χ1) is 8.49. The van der Waals surface area contributed by atoms with Crippen molar-refractivity contribution in [3.8, 4) is 0 Å². The van der Waals surface area contributed by atoms with Crippen molar-refractivity contribution in [2.45, 2.75) is 38.8 Å². The molecule has 0 saturated heterocycles. The number of nitrogen functional groups attached to an aromatic ring is 1. The van der Waals surface area contributed by atoms with E-state index in [1.165, 1.54) is 12.8 Å². The minimum Gasteiger partial charge on any atom is -0.398 e. The van der Waals surface area contributed by atoms with Crippen LogP contribution in [-0.2, 0) is 0 Å². The summed E-state index contributed by atoms with van der Waals surface area (Å²) < 4.78 is 0. The standard InChI is InChI=1S/C14H22ClN3/c1-9-6-13(16)12(15)7-14(9)17-8-10(2)18(3)11-4-5-11/h6-7,10-11,17H,4-5,8,16H2,1-3H3. The van der Waals surface area contributed by atoms with Crippen LogP contribution in [0.5, 0.6) is 0 Å². The summed E-state index contributed by atoms with van der Waals surface area (Å²) in [6.07, 6.45) is 2.68. The van der Waals surface area contributed by atoms with Crippen LogP contribution in [0, 0.1) is 6.92 Å². The smallest absolute Gasteiger partial charge is 0.0656 e. The van der Waals surface area contributed by atoms with Gasteiger partial charge >= 0.3 is 0 Å². The van der Waals surface area contributed by atoms with Crippen molar-refractivity contribution in [2.24, 2.45) is 0 Å². The number of halogens is 1. The van der Waals surface area contributed by atoms with Crippen molar-refractivity contribution in [3.63, 3.8) is 0 Å². The molecule has 3 nitrogen and oxygen atoms in total. The summed E-state index contributed by atoms with van der Waals surface area (Å²) in [6.45, 7) is 5.22. The van der Waals surface area contributed by atoms with Gasteiger partial charge in [0.05, 0.1) is 10.7 Å². The summed E-state index contributed by atoms with van der Waals surface area (Å²) >= 11 is 6.05. The van der Waals surface area contributed by atoms with Crippen molar-refractivity contribution >= 4 is 23.0 Å². The van der Waals surface area contributed by atoms with E-state index < -0.39 is 0 Å². The van der Waals surface area contributed by atoms with Gasteiger partial charge in [-0.1, -0.05) is 11.6 Å². The maximum absolute atomic E-state index is 6.05. The van der Waals surface area contributed by atoms with Crippen LogP contribution < -0.4 is 11.1 Å².